The summed E-state index contributed by atoms with van der Waals surface area (Å²) in [4.78, 5) is 4.31. The molecule has 0 saturated carbocycles. The summed E-state index contributed by atoms with van der Waals surface area (Å²) in [6.07, 6.45) is 5.52. The summed E-state index contributed by atoms with van der Waals surface area (Å²) in [5.74, 6) is 0.855. The summed E-state index contributed by atoms with van der Waals surface area (Å²) in [6.45, 7) is 4.15. The van der Waals surface area contributed by atoms with Crippen molar-refractivity contribution in [3.8, 4) is 0 Å². The molecule has 0 aromatic carbocycles. The van der Waals surface area contributed by atoms with Gasteiger partial charge in [0.15, 0.2) is 5.82 Å². The molecule has 1 saturated heterocycles. The van der Waals surface area contributed by atoms with E-state index in [0.717, 1.165) is 34.6 Å². The molecule has 88 valence electrons. The van der Waals surface area contributed by atoms with Crippen LogP contribution < -0.4 is 11.2 Å². The quantitative estimate of drug-likeness (QED) is 0.876. The van der Waals surface area contributed by atoms with Crippen LogP contribution in [-0.4, -0.2) is 23.1 Å². The standard InChI is InChI=1S/C11H17BrN4/c1-8-9(13)7-14-11(10(8)12)15-16-5-3-2-4-6-16/h7H,2-6,13H2,1H3,(H,14,15). The number of hydrazine groups is 1. The van der Waals surface area contributed by atoms with Crippen LogP contribution >= 0.6 is 15.9 Å². The minimum atomic E-state index is 0.719. The number of rotatable bonds is 2. The number of hydrogen-bond donors (Lipinski definition) is 2. The Morgan fingerprint density at radius 1 is 1.38 bits per heavy atom. The smallest absolute Gasteiger partial charge is 0.155 e. The van der Waals surface area contributed by atoms with Crippen LogP contribution in [0.15, 0.2) is 10.7 Å². The molecule has 5 heteroatoms. The molecule has 0 atom stereocenters. The van der Waals surface area contributed by atoms with Crippen LogP contribution in [0.3, 0.4) is 0 Å². The van der Waals surface area contributed by atoms with Crippen LogP contribution in [0.1, 0.15) is 24.8 Å². The highest BCUT2D eigenvalue weighted by molar-refractivity contribution is 9.10. The van der Waals surface area contributed by atoms with Gasteiger partial charge in [0.1, 0.15) is 0 Å². The average Bonchev–Trinajstić information content (AvgIpc) is 2.31. The molecule has 3 N–H and O–H groups in total. The highest BCUT2D eigenvalue weighted by Crippen LogP contribution is 2.28. The van der Waals surface area contributed by atoms with Crippen LogP contribution in [-0.2, 0) is 0 Å². The van der Waals surface area contributed by atoms with Crippen molar-refractivity contribution in [3.63, 3.8) is 0 Å². The highest BCUT2D eigenvalue weighted by Gasteiger charge is 2.13. The van der Waals surface area contributed by atoms with Gasteiger partial charge >= 0.3 is 0 Å². The van der Waals surface area contributed by atoms with Crippen LogP contribution in [0.5, 0.6) is 0 Å². The van der Waals surface area contributed by atoms with Gasteiger partial charge in [-0.15, -0.1) is 0 Å². The van der Waals surface area contributed by atoms with Gasteiger partial charge in [0.05, 0.1) is 16.4 Å². The van der Waals surface area contributed by atoms with Crippen molar-refractivity contribution in [2.75, 3.05) is 24.2 Å². The van der Waals surface area contributed by atoms with Gasteiger partial charge in [-0.3, -0.25) is 0 Å². The molecule has 4 nitrogen and oxygen atoms in total. The Balaban J connectivity index is 2.11. The molecular formula is C11H17BrN4. The average molecular weight is 285 g/mol. The number of nitrogens with two attached hydrogens (primary N) is 1. The zero-order valence-electron chi connectivity index (χ0n) is 9.46. The Hall–Kier alpha value is -0.810. The van der Waals surface area contributed by atoms with Gasteiger partial charge in [0, 0.05) is 13.1 Å². The van der Waals surface area contributed by atoms with Crippen LogP contribution in [0.2, 0.25) is 0 Å². The van der Waals surface area contributed by atoms with Gasteiger partial charge in [-0.05, 0) is 41.3 Å². The van der Waals surface area contributed by atoms with E-state index in [9.17, 15) is 0 Å². The number of nitrogens with zero attached hydrogens (tertiary/aromatic N) is 2. The zero-order valence-corrected chi connectivity index (χ0v) is 11.0. The third kappa shape index (κ3) is 2.47. The van der Waals surface area contributed by atoms with Gasteiger partial charge in [-0.1, -0.05) is 6.42 Å². The molecule has 0 radical (unpaired) electrons. The second-order valence-corrected chi connectivity index (χ2v) is 4.95. The molecule has 2 heterocycles. The van der Waals surface area contributed by atoms with E-state index in [1.807, 2.05) is 6.92 Å². The molecule has 0 spiro atoms. The van der Waals surface area contributed by atoms with Crippen LogP contribution in [0, 0.1) is 6.92 Å². The van der Waals surface area contributed by atoms with Crippen LogP contribution in [0.25, 0.3) is 0 Å². The van der Waals surface area contributed by atoms with E-state index in [1.165, 1.54) is 19.3 Å². The third-order valence-electron chi connectivity index (χ3n) is 2.92. The van der Waals surface area contributed by atoms with Crippen molar-refractivity contribution in [2.45, 2.75) is 26.2 Å². The molecule has 1 aromatic heterocycles. The highest BCUT2D eigenvalue weighted by atomic mass is 79.9. The number of piperidine rings is 1. The van der Waals surface area contributed by atoms with E-state index < -0.39 is 0 Å². The molecule has 1 aliphatic heterocycles. The summed E-state index contributed by atoms with van der Waals surface area (Å²) in [5.41, 5.74) is 10.9. The number of halogens is 1. The Labute approximate surface area is 104 Å². The van der Waals surface area contributed by atoms with Gasteiger partial charge in [-0.2, -0.15) is 0 Å². The summed E-state index contributed by atoms with van der Waals surface area (Å²) in [5, 5.41) is 2.21. The van der Waals surface area contributed by atoms with Gasteiger partial charge in [0.25, 0.3) is 0 Å². The van der Waals surface area contributed by atoms with E-state index >= 15 is 0 Å². The monoisotopic (exact) mass is 284 g/mol. The first-order valence-corrected chi connectivity index (χ1v) is 6.40. The second kappa shape index (κ2) is 5.01. The van der Waals surface area contributed by atoms with Crippen molar-refractivity contribution in [3.05, 3.63) is 16.2 Å². The molecule has 0 amide bonds. The van der Waals surface area contributed by atoms with Gasteiger partial charge < -0.3 is 11.2 Å². The number of aromatic nitrogens is 1. The lowest BCUT2D eigenvalue weighted by molar-refractivity contribution is 0.272. The van der Waals surface area contributed by atoms with Crippen molar-refractivity contribution >= 4 is 27.4 Å². The predicted octanol–water partition coefficient (Wildman–Crippen LogP) is 2.55. The topological polar surface area (TPSA) is 54.2 Å². The van der Waals surface area contributed by atoms with E-state index in [1.54, 1.807) is 6.20 Å². The maximum absolute atomic E-state index is 5.79. The molecule has 0 bridgehead atoms. The number of nitrogen functional groups attached to an aromatic ring is 1. The lowest BCUT2D eigenvalue weighted by Gasteiger charge is -2.28. The van der Waals surface area contributed by atoms with Crippen molar-refractivity contribution in [1.29, 1.82) is 0 Å². The molecule has 2 rings (SSSR count). The first kappa shape index (κ1) is 11.7. The Bertz CT molecular complexity index is 374. The first-order valence-electron chi connectivity index (χ1n) is 5.60. The molecule has 0 unspecified atom stereocenters. The Kier molecular flexibility index (Phi) is 3.66. The summed E-state index contributed by atoms with van der Waals surface area (Å²) >= 11 is 3.53. The fourth-order valence-electron chi connectivity index (χ4n) is 1.83. The summed E-state index contributed by atoms with van der Waals surface area (Å²) < 4.78 is 0.957. The minimum absolute atomic E-state index is 0.719. The third-order valence-corrected chi connectivity index (χ3v) is 3.89. The Morgan fingerprint density at radius 2 is 2.06 bits per heavy atom. The molecule has 1 aliphatic rings. The molecular weight excluding hydrogens is 268 g/mol. The zero-order chi connectivity index (χ0) is 11.5. The van der Waals surface area contributed by atoms with E-state index in [0.29, 0.717) is 0 Å². The van der Waals surface area contributed by atoms with Crippen molar-refractivity contribution in [2.24, 2.45) is 0 Å². The number of pyridine rings is 1. The maximum atomic E-state index is 5.79. The Morgan fingerprint density at radius 3 is 2.75 bits per heavy atom. The lowest BCUT2D eigenvalue weighted by Crippen LogP contribution is -2.35. The largest absolute Gasteiger partial charge is 0.397 e. The lowest BCUT2D eigenvalue weighted by atomic mass is 10.2. The molecule has 0 aliphatic carbocycles. The van der Waals surface area contributed by atoms with Crippen molar-refractivity contribution in [1.82, 2.24) is 9.99 Å². The SMILES string of the molecule is Cc1c(N)cnc(NN2CCCCC2)c1Br. The fraction of sp³-hybridized carbons (Fsp3) is 0.545. The number of anilines is 2. The van der Waals surface area contributed by atoms with Gasteiger partial charge in [-0.25, -0.2) is 9.99 Å². The van der Waals surface area contributed by atoms with E-state index in [4.69, 9.17) is 5.73 Å². The molecule has 1 aromatic rings. The van der Waals surface area contributed by atoms with Crippen molar-refractivity contribution < 1.29 is 0 Å². The normalized spacial score (nSPS) is 17.4. The predicted molar refractivity (Wildman–Crippen MR) is 70.1 cm³/mol. The molecule has 16 heavy (non-hydrogen) atoms. The maximum Gasteiger partial charge on any atom is 0.155 e. The van der Waals surface area contributed by atoms with E-state index in [2.05, 4.69) is 31.3 Å². The number of hydrogen-bond acceptors (Lipinski definition) is 4. The van der Waals surface area contributed by atoms with E-state index in [-0.39, 0.29) is 0 Å². The van der Waals surface area contributed by atoms with Gasteiger partial charge in [0.2, 0.25) is 0 Å². The first-order chi connectivity index (χ1) is 7.68. The number of nitrogens with one attached hydrogen (secondary N) is 1. The molecule has 1 fully saturated rings. The second-order valence-electron chi connectivity index (χ2n) is 4.16. The minimum Gasteiger partial charge on any atom is -0.397 e. The summed E-state index contributed by atoms with van der Waals surface area (Å²) in [6, 6.07) is 0. The fourth-order valence-corrected chi connectivity index (χ4v) is 2.25. The van der Waals surface area contributed by atoms with Crippen LogP contribution in [0.4, 0.5) is 11.5 Å². The summed E-state index contributed by atoms with van der Waals surface area (Å²) in [7, 11) is 0.